The summed E-state index contributed by atoms with van der Waals surface area (Å²) in [5.74, 6) is -3.59. The van der Waals surface area contributed by atoms with Crippen molar-refractivity contribution in [3.8, 4) is 0 Å². The number of ether oxygens (including phenoxy) is 15. The Kier molecular flexibility index (Phi) is 23.9. The lowest BCUT2D eigenvalue weighted by Gasteiger charge is -2.54. The van der Waals surface area contributed by atoms with Crippen LogP contribution in [0.3, 0.4) is 0 Å². The fraction of sp³-hybridized carbons (Fsp3) is 1.00. The molecule has 0 bridgehead atoms. The van der Waals surface area contributed by atoms with Crippen molar-refractivity contribution in [2.45, 2.75) is 227 Å². The van der Waals surface area contributed by atoms with Crippen molar-refractivity contribution in [1.29, 1.82) is 0 Å². The minimum Gasteiger partial charge on any atom is -0.394 e. The van der Waals surface area contributed by atoms with E-state index in [1.165, 1.54) is 0 Å². The summed E-state index contributed by atoms with van der Waals surface area (Å²) in [5.41, 5.74) is 0. The summed E-state index contributed by atoms with van der Waals surface area (Å²) < 4.78 is 85.0. The van der Waals surface area contributed by atoms with Crippen LogP contribution in [0.2, 0.25) is 0 Å². The minimum atomic E-state index is -3.59. The lowest BCUT2D eigenvalue weighted by atomic mass is 9.93. The Morgan fingerprint density at radius 2 is 0.682 bits per heavy atom. The van der Waals surface area contributed by atoms with Gasteiger partial charge in [-0.25, -0.2) is 4.89 Å². The van der Waals surface area contributed by atoms with Crippen molar-refractivity contribution in [3.05, 3.63) is 0 Å². The molecule has 0 radical (unpaired) electrons. The summed E-state index contributed by atoms with van der Waals surface area (Å²) in [5, 5.41) is 258. The highest BCUT2D eigenvalue weighted by molar-refractivity contribution is 5.03. The van der Waals surface area contributed by atoms with Gasteiger partial charge in [-0.3, -0.25) is 5.26 Å². The van der Waals surface area contributed by atoms with E-state index in [2.05, 4.69) is 4.89 Å². The van der Waals surface area contributed by atoms with Crippen LogP contribution in [0.25, 0.3) is 0 Å². The highest BCUT2D eigenvalue weighted by Crippen LogP contribution is 2.43. The first-order valence-corrected chi connectivity index (χ1v) is 26.7. The molecule has 40 heteroatoms. The van der Waals surface area contributed by atoms with Gasteiger partial charge in [0.05, 0.1) is 52.9 Å². The van der Waals surface area contributed by atoms with Crippen LogP contribution < -0.4 is 0 Å². The maximum absolute atomic E-state index is 12.5. The third kappa shape index (κ3) is 14.5. The molecule has 0 aromatic carbocycles. The van der Waals surface area contributed by atoms with Gasteiger partial charge in [-0.05, 0) is 0 Å². The van der Waals surface area contributed by atoms with Gasteiger partial charge in [0.25, 0.3) is 0 Å². The molecule has 8 heterocycles. The molecule has 8 aliphatic rings. The van der Waals surface area contributed by atoms with E-state index < -0.39 is 280 Å². The van der Waals surface area contributed by atoms with Crippen molar-refractivity contribution in [1.82, 2.24) is 0 Å². The fourth-order valence-corrected chi connectivity index (χ4v) is 10.5. The summed E-state index contributed by atoms with van der Waals surface area (Å²) in [7, 11) is 0. The maximum atomic E-state index is 12.5. The molecule has 85 heavy (non-hydrogen) atoms. The molecule has 24 N–H and O–H groups in total. The van der Waals surface area contributed by atoms with Crippen LogP contribution in [0, 0.1) is 0 Å². The van der Waals surface area contributed by atoms with Crippen LogP contribution in [-0.4, -0.2) is 403 Å². The molecule has 0 saturated carbocycles. The van der Waals surface area contributed by atoms with Crippen LogP contribution >= 0.6 is 0 Å². The summed E-state index contributed by atoms with van der Waals surface area (Å²) in [4.78, 5) is 4.66. The summed E-state index contributed by atoms with van der Waals surface area (Å²) in [6, 6.07) is 0. The van der Waals surface area contributed by atoms with Crippen molar-refractivity contribution in [2.75, 3.05) is 52.9 Å². The average Bonchev–Trinajstić information content (AvgIpc) is 1.19. The first kappa shape index (κ1) is 69.3. The Balaban J connectivity index is 1.13. The largest absolute Gasteiger partial charge is 0.394 e. The molecule has 0 amide bonds. The number of hydrogen-bond acceptors (Lipinski definition) is 40. The van der Waals surface area contributed by atoms with Gasteiger partial charge in [-0.1, -0.05) is 0 Å². The van der Waals surface area contributed by atoms with Gasteiger partial charge in [0.1, 0.15) is 171 Å². The number of aliphatic hydroxyl groups excluding tert-OH is 23. The zero-order valence-electron chi connectivity index (χ0n) is 44.2. The smallest absolute Gasteiger partial charge is 0.318 e. The first-order chi connectivity index (χ1) is 40.2. The molecule has 0 aliphatic carbocycles. The quantitative estimate of drug-likeness (QED) is 0.0306. The standard InChI is InChI=1S/C45H76O40/c46-1-12-35(22(56)25(59)38(67)76-12)83-45(84-36-13(2-47)77-39(68)26(60)23(36)57)37(85-69)32(66)34(16(82-45)8-75-42-29(63)19(53)11(50)5-72-42)81-44-31(65)24(58)33(15(79-44)7-74-41-28(62)18(52)10(49)4-71-41)80-43-30(64)21(55)20(54)14(78-43)6-73-40-27(61)17(51)9(48)3-70-40/h9-44,46-69H,1-8H2/t9-,10-,11-,12-,13-,14-,15-,16-,17+,18+,19+,20-,21+,22-,23-,24-,25-,26-,27-,28-,29-,30-,31-,32+,33-,34-,35-,36-,37-,38-,39+,40-,41-,42-,43+,44+,45?/m1/s1. The fourth-order valence-electron chi connectivity index (χ4n) is 10.5. The van der Waals surface area contributed by atoms with E-state index in [9.17, 15) is 123 Å². The van der Waals surface area contributed by atoms with Crippen LogP contribution in [0.15, 0.2) is 0 Å². The Labute approximate surface area is 478 Å². The Bertz CT molecular complexity index is 2000. The van der Waals surface area contributed by atoms with Gasteiger partial charge in [0, 0.05) is 0 Å². The number of hydrogen-bond donors (Lipinski definition) is 24. The van der Waals surface area contributed by atoms with Gasteiger partial charge in [-0.15, -0.1) is 0 Å². The predicted octanol–water partition coefficient (Wildman–Crippen LogP) is -16.7. The molecule has 8 fully saturated rings. The molecule has 1 unspecified atom stereocenters. The van der Waals surface area contributed by atoms with Crippen LogP contribution in [0.5, 0.6) is 0 Å². The zero-order chi connectivity index (χ0) is 62.3. The van der Waals surface area contributed by atoms with E-state index in [1.807, 2.05) is 0 Å². The van der Waals surface area contributed by atoms with Crippen molar-refractivity contribution in [3.63, 3.8) is 0 Å². The van der Waals surface area contributed by atoms with E-state index >= 15 is 0 Å². The first-order valence-electron chi connectivity index (χ1n) is 26.7. The lowest BCUT2D eigenvalue weighted by molar-refractivity contribution is -0.533. The normalized spacial score (nSPS) is 53.8. The maximum Gasteiger partial charge on any atom is 0.318 e. The number of rotatable bonds is 20. The SMILES string of the molecule is OC[C@H]1O[C@@H](O)[C@H](O)[C@@H](O)[C@@H]1OC1(O[C@H]2[C@H](O)[C@@H](O)[C@@H](O)O[C@@H]2CO)O[C@H](CO[C@H]2OC[C@@H](O)[C@H](O)[C@H]2O)[C@@H](O[C@@H]2O[C@H](CO[C@H]3OC[C@@H](O)[C@H](O)[C@H]3O)[C@@H](O[C@@H]3O[C@H](CO[C@H]4OC[C@@H](O)[C@H](O)[C@H]4O)[C@@H](O)[C@H](O)[C@H]3O)[C@H](O)[C@H]2O)[C@H](O)[C@H]1OO. The van der Waals surface area contributed by atoms with Gasteiger partial charge < -0.3 is 189 Å². The summed E-state index contributed by atoms with van der Waals surface area (Å²) in [6.45, 7) is -7.22. The van der Waals surface area contributed by atoms with E-state index in [4.69, 9.17) is 71.1 Å². The van der Waals surface area contributed by atoms with Gasteiger partial charge in [0.15, 0.2) is 44.0 Å². The Morgan fingerprint density at radius 3 is 1.09 bits per heavy atom. The summed E-state index contributed by atoms with van der Waals surface area (Å²) in [6.07, 6.45) is -75.9. The molecule has 8 aliphatic heterocycles. The van der Waals surface area contributed by atoms with Crippen LogP contribution in [-0.2, 0) is 75.9 Å². The second-order valence-corrected chi connectivity index (χ2v) is 21.4. The second-order valence-electron chi connectivity index (χ2n) is 21.4. The number of aliphatic hydroxyl groups is 23. The summed E-state index contributed by atoms with van der Waals surface area (Å²) >= 11 is 0. The van der Waals surface area contributed by atoms with E-state index in [0.717, 1.165) is 0 Å². The van der Waals surface area contributed by atoms with Gasteiger partial charge in [0.2, 0.25) is 6.10 Å². The molecule has 0 spiro atoms. The molecule has 37 atom stereocenters. The average molecular weight is 1260 g/mol. The highest BCUT2D eigenvalue weighted by atomic mass is 17.1. The molecule has 8 rings (SSSR count). The van der Waals surface area contributed by atoms with Crippen LogP contribution in [0.1, 0.15) is 0 Å². The van der Waals surface area contributed by atoms with Crippen LogP contribution in [0.4, 0.5) is 0 Å². The predicted molar refractivity (Wildman–Crippen MR) is 249 cm³/mol. The van der Waals surface area contributed by atoms with Crippen molar-refractivity contribution >= 4 is 0 Å². The minimum absolute atomic E-state index is 0.518. The molecular formula is C45H76O40. The third-order valence-electron chi connectivity index (χ3n) is 15.6. The lowest BCUT2D eigenvalue weighted by Crippen LogP contribution is -2.74. The van der Waals surface area contributed by atoms with Crippen molar-refractivity contribution in [2.24, 2.45) is 0 Å². The van der Waals surface area contributed by atoms with E-state index in [-0.39, 0.29) is 0 Å². The molecule has 0 aromatic rings. The third-order valence-corrected chi connectivity index (χ3v) is 15.6. The molecule has 8 saturated heterocycles. The van der Waals surface area contributed by atoms with Gasteiger partial charge in [-0.2, -0.15) is 0 Å². The Morgan fingerprint density at radius 1 is 0.329 bits per heavy atom. The monoisotopic (exact) mass is 1260 g/mol. The molecule has 0 aromatic heterocycles. The van der Waals surface area contributed by atoms with E-state index in [1.54, 1.807) is 0 Å². The second kappa shape index (κ2) is 29.3. The van der Waals surface area contributed by atoms with E-state index in [0.29, 0.717) is 0 Å². The molecule has 40 nitrogen and oxygen atoms in total. The molecular weight excluding hydrogens is 1180 g/mol. The topological polar surface area (TPSA) is 633 Å². The Hall–Kier alpha value is -1.60. The zero-order valence-corrected chi connectivity index (χ0v) is 44.2. The molecule has 496 valence electrons. The highest BCUT2D eigenvalue weighted by Gasteiger charge is 2.66. The van der Waals surface area contributed by atoms with Crippen molar-refractivity contribution < 1.29 is 199 Å². The van der Waals surface area contributed by atoms with Gasteiger partial charge >= 0.3 is 5.97 Å².